The quantitative estimate of drug-likeness (QED) is 0.627. The Kier molecular flexibility index (Phi) is 5.41. The average molecular weight is 418 g/mol. The van der Waals surface area contributed by atoms with Crippen molar-refractivity contribution in [1.82, 2.24) is 10.2 Å². The van der Waals surface area contributed by atoms with E-state index in [1.165, 1.54) is 0 Å². The predicted octanol–water partition coefficient (Wildman–Crippen LogP) is 3.71. The number of benzene rings is 2. The third-order valence-electron chi connectivity index (χ3n) is 5.14. The van der Waals surface area contributed by atoms with Crippen molar-refractivity contribution in [2.24, 2.45) is 5.73 Å². The van der Waals surface area contributed by atoms with Crippen LogP contribution in [0.15, 0.2) is 53.9 Å². The highest BCUT2D eigenvalue weighted by Crippen LogP contribution is 2.46. The molecule has 2 aromatic carbocycles. The number of nitrogens with two attached hydrogens (primary N) is 1. The third kappa shape index (κ3) is 3.51. The van der Waals surface area contributed by atoms with E-state index in [4.69, 9.17) is 24.7 Å². The lowest BCUT2D eigenvalue weighted by atomic mass is 9.83. The van der Waals surface area contributed by atoms with Crippen LogP contribution < -0.4 is 24.7 Å². The SMILES string of the molecule is CCOc1ccc([C@@H]2C(C#N)=C(N)Oc3n[nH]c(-c4ccc(OC)c(OC)c4)c32)cc1. The fourth-order valence-corrected chi connectivity index (χ4v) is 3.71. The number of hydrogen-bond donors (Lipinski definition) is 2. The fourth-order valence-electron chi connectivity index (χ4n) is 3.71. The number of rotatable bonds is 6. The van der Waals surface area contributed by atoms with Gasteiger partial charge in [-0.2, -0.15) is 5.26 Å². The Balaban J connectivity index is 1.86. The summed E-state index contributed by atoms with van der Waals surface area (Å²) in [5.41, 5.74) is 9.49. The van der Waals surface area contributed by atoms with Crippen LogP contribution in [-0.2, 0) is 0 Å². The Hall–Kier alpha value is -4.12. The maximum absolute atomic E-state index is 9.85. The number of methoxy groups -OCH3 is 2. The standard InChI is InChI=1S/C23H22N4O4/c1-4-30-15-8-5-13(6-9-15)19-16(12-24)22(25)31-23-20(19)21(26-27-23)14-7-10-17(28-2)18(11-14)29-3/h5-11,19H,4,25H2,1-3H3,(H,26,27)/t19-/m1/s1. The molecule has 4 rings (SSSR count). The minimum atomic E-state index is -0.453. The van der Waals surface area contributed by atoms with Crippen molar-refractivity contribution in [2.45, 2.75) is 12.8 Å². The Morgan fingerprint density at radius 1 is 1.13 bits per heavy atom. The van der Waals surface area contributed by atoms with Gasteiger partial charge in [-0.1, -0.05) is 12.1 Å². The highest BCUT2D eigenvalue weighted by atomic mass is 16.5. The highest BCUT2D eigenvalue weighted by Gasteiger charge is 2.35. The summed E-state index contributed by atoms with van der Waals surface area (Å²) in [5, 5.41) is 17.2. The lowest BCUT2D eigenvalue weighted by Gasteiger charge is -2.24. The first-order valence-electron chi connectivity index (χ1n) is 9.72. The van der Waals surface area contributed by atoms with Crippen LogP contribution in [0.5, 0.6) is 23.1 Å². The number of nitrogens with zero attached hydrogens (tertiary/aromatic N) is 2. The van der Waals surface area contributed by atoms with E-state index in [2.05, 4.69) is 16.3 Å². The second-order valence-electron chi connectivity index (χ2n) is 6.81. The van der Waals surface area contributed by atoms with Gasteiger partial charge < -0.3 is 24.7 Å². The van der Waals surface area contributed by atoms with E-state index < -0.39 is 5.92 Å². The van der Waals surface area contributed by atoms with Crippen molar-refractivity contribution >= 4 is 0 Å². The average Bonchev–Trinajstić information content (AvgIpc) is 3.21. The van der Waals surface area contributed by atoms with E-state index in [1.54, 1.807) is 14.2 Å². The second kappa shape index (κ2) is 8.32. The molecule has 2 heterocycles. The molecule has 1 aliphatic rings. The van der Waals surface area contributed by atoms with Crippen LogP contribution in [-0.4, -0.2) is 31.0 Å². The van der Waals surface area contributed by atoms with Gasteiger partial charge in [-0.3, -0.25) is 5.10 Å². The maximum Gasteiger partial charge on any atom is 0.244 e. The van der Waals surface area contributed by atoms with Crippen molar-refractivity contribution < 1.29 is 18.9 Å². The molecule has 0 saturated heterocycles. The summed E-state index contributed by atoms with van der Waals surface area (Å²) in [7, 11) is 3.16. The lowest BCUT2D eigenvalue weighted by molar-refractivity contribution is 0.340. The zero-order valence-corrected chi connectivity index (χ0v) is 17.4. The second-order valence-corrected chi connectivity index (χ2v) is 6.81. The predicted molar refractivity (Wildman–Crippen MR) is 114 cm³/mol. The van der Waals surface area contributed by atoms with E-state index in [9.17, 15) is 5.26 Å². The van der Waals surface area contributed by atoms with E-state index >= 15 is 0 Å². The number of allylic oxidation sites excluding steroid dienone is 1. The van der Waals surface area contributed by atoms with Gasteiger partial charge in [0.25, 0.3) is 0 Å². The van der Waals surface area contributed by atoms with Gasteiger partial charge in [0.05, 0.1) is 38.0 Å². The minimum Gasteiger partial charge on any atom is -0.494 e. The number of fused-ring (bicyclic) bond motifs is 1. The molecule has 0 saturated carbocycles. The zero-order valence-electron chi connectivity index (χ0n) is 17.4. The van der Waals surface area contributed by atoms with Crippen LogP contribution >= 0.6 is 0 Å². The molecule has 3 N–H and O–H groups in total. The summed E-state index contributed by atoms with van der Waals surface area (Å²) in [6.07, 6.45) is 0. The maximum atomic E-state index is 9.85. The van der Waals surface area contributed by atoms with Crippen molar-refractivity contribution in [2.75, 3.05) is 20.8 Å². The molecular weight excluding hydrogens is 396 g/mol. The largest absolute Gasteiger partial charge is 0.494 e. The summed E-state index contributed by atoms with van der Waals surface area (Å²) >= 11 is 0. The molecule has 31 heavy (non-hydrogen) atoms. The first-order valence-corrected chi connectivity index (χ1v) is 9.72. The monoisotopic (exact) mass is 418 g/mol. The molecule has 158 valence electrons. The molecule has 8 heteroatoms. The number of ether oxygens (including phenoxy) is 4. The minimum absolute atomic E-state index is 0.0410. The van der Waals surface area contributed by atoms with Crippen molar-refractivity contribution in [3.8, 4) is 40.5 Å². The molecule has 0 bridgehead atoms. The number of aromatic amines is 1. The van der Waals surface area contributed by atoms with Crippen LogP contribution in [0.25, 0.3) is 11.3 Å². The van der Waals surface area contributed by atoms with Gasteiger partial charge in [-0.05, 0) is 42.8 Å². The van der Waals surface area contributed by atoms with Gasteiger partial charge in [-0.25, -0.2) is 0 Å². The van der Waals surface area contributed by atoms with Gasteiger partial charge in [0.1, 0.15) is 17.4 Å². The fraction of sp³-hybridized carbons (Fsp3) is 0.217. The molecule has 8 nitrogen and oxygen atoms in total. The first-order chi connectivity index (χ1) is 15.1. The number of aromatic nitrogens is 2. The van der Waals surface area contributed by atoms with Gasteiger partial charge in [-0.15, -0.1) is 5.10 Å². The third-order valence-corrected chi connectivity index (χ3v) is 5.14. The molecule has 0 aliphatic carbocycles. The van der Waals surface area contributed by atoms with E-state index in [0.29, 0.717) is 35.3 Å². The van der Waals surface area contributed by atoms with Crippen LogP contribution in [0.3, 0.4) is 0 Å². The van der Waals surface area contributed by atoms with Crippen LogP contribution in [0, 0.1) is 11.3 Å². The molecule has 1 aliphatic heterocycles. The van der Waals surface area contributed by atoms with Gasteiger partial charge in [0.2, 0.25) is 11.8 Å². The zero-order chi connectivity index (χ0) is 22.0. The Morgan fingerprint density at radius 2 is 1.87 bits per heavy atom. The molecular formula is C23H22N4O4. The summed E-state index contributed by atoms with van der Waals surface area (Å²) in [6.45, 7) is 2.50. The molecule has 0 amide bonds. The molecule has 0 radical (unpaired) electrons. The van der Waals surface area contributed by atoms with Crippen LogP contribution in [0.4, 0.5) is 0 Å². The smallest absolute Gasteiger partial charge is 0.244 e. The number of hydrogen-bond acceptors (Lipinski definition) is 7. The Labute approximate surface area is 179 Å². The summed E-state index contributed by atoms with van der Waals surface area (Å²) in [4.78, 5) is 0. The normalized spacial score (nSPS) is 15.0. The molecule has 0 spiro atoms. The topological polar surface area (TPSA) is 115 Å². The van der Waals surface area contributed by atoms with Gasteiger partial charge in [0, 0.05) is 5.56 Å². The van der Waals surface area contributed by atoms with Crippen LogP contribution in [0.2, 0.25) is 0 Å². The molecule has 0 unspecified atom stereocenters. The highest BCUT2D eigenvalue weighted by molar-refractivity contribution is 5.73. The lowest BCUT2D eigenvalue weighted by Crippen LogP contribution is -2.21. The van der Waals surface area contributed by atoms with Gasteiger partial charge >= 0.3 is 0 Å². The molecule has 1 atom stereocenters. The summed E-state index contributed by atoms with van der Waals surface area (Å²) in [5.74, 6) is 1.86. The number of nitrogens with one attached hydrogen (secondary N) is 1. The van der Waals surface area contributed by atoms with Crippen LogP contribution in [0.1, 0.15) is 24.0 Å². The molecule has 0 fully saturated rings. The Morgan fingerprint density at radius 3 is 2.52 bits per heavy atom. The molecule has 3 aromatic rings. The Bertz CT molecular complexity index is 1180. The van der Waals surface area contributed by atoms with Crippen molar-refractivity contribution in [3.05, 3.63) is 65.0 Å². The summed E-state index contributed by atoms with van der Waals surface area (Å²) < 4.78 is 22.0. The van der Waals surface area contributed by atoms with E-state index in [1.807, 2.05) is 49.4 Å². The first kappa shape index (κ1) is 20.2. The number of H-pyrrole nitrogens is 1. The summed E-state index contributed by atoms with van der Waals surface area (Å²) in [6, 6.07) is 15.3. The van der Waals surface area contributed by atoms with Crippen molar-refractivity contribution in [3.63, 3.8) is 0 Å². The van der Waals surface area contributed by atoms with E-state index in [0.717, 1.165) is 22.4 Å². The van der Waals surface area contributed by atoms with E-state index in [-0.39, 0.29) is 5.88 Å². The van der Waals surface area contributed by atoms with Crippen molar-refractivity contribution in [1.29, 1.82) is 5.26 Å². The molecule has 1 aromatic heterocycles. The van der Waals surface area contributed by atoms with Gasteiger partial charge in [0.15, 0.2) is 11.5 Å². The number of nitriles is 1.